The Kier molecular flexibility index (Phi) is 4.46. The lowest BCUT2D eigenvalue weighted by Crippen LogP contribution is -2.46. The van der Waals surface area contributed by atoms with Gasteiger partial charge in [0.15, 0.2) is 0 Å². The highest BCUT2D eigenvalue weighted by molar-refractivity contribution is 5.79. The summed E-state index contributed by atoms with van der Waals surface area (Å²) in [6, 6.07) is 7.69. The minimum absolute atomic E-state index is 0.00563. The number of hydrogen-bond donors (Lipinski definition) is 0. The van der Waals surface area contributed by atoms with E-state index < -0.39 is 0 Å². The zero-order valence-electron chi connectivity index (χ0n) is 13.7. The number of carbonyl (C=O) groups excluding carboxylic acids is 1. The quantitative estimate of drug-likeness (QED) is 0.872. The second kappa shape index (κ2) is 6.52. The van der Waals surface area contributed by atoms with Crippen LogP contribution in [0.15, 0.2) is 35.4 Å². The molecule has 1 aliphatic carbocycles. The van der Waals surface area contributed by atoms with Crippen molar-refractivity contribution in [2.24, 2.45) is 0 Å². The Labute approximate surface area is 135 Å². The van der Waals surface area contributed by atoms with E-state index in [-0.39, 0.29) is 24.1 Å². The molecule has 1 aromatic heterocycles. The molecule has 5 nitrogen and oxygen atoms in total. The van der Waals surface area contributed by atoms with Gasteiger partial charge < -0.3 is 4.90 Å². The molecule has 0 bridgehead atoms. The molecular formula is C18H23N3O2. The van der Waals surface area contributed by atoms with Crippen molar-refractivity contribution in [1.29, 1.82) is 0 Å². The van der Waals surface area contributed by atoms with E-state index in [1.165, 1.54) is 23.7 Å². The van der Waals surface area contributed by atoms with Gasteiger partial charge in [-0.15, -0.1) is 0 Å². The minimum Gasteiger partial charge on any atom is -0.336 e. The van der Waals surface area contributed by atoms with Crippen LogP contribution in [-0.2, 0) is 11.3 Å². The van der Waals surface area contributed by atoms with Crippen LogP contribution < -0.4 is 5.56 Å². The van der Waals surface area contributed by atoms with Crippen LogP contribution in [0.25, 0.3) is 10.9 Å². The van der Waals surface area contributed by atoms with Crippen LogP contribution in [-0.4, -0.2) is 32.4 Å². The molecule has 0 spiro atoms. The van der Waals surface area contributed by atoms with Gasteiger partial charge in [0.05, 0.1) is 17.2 Å². The summed E-state index contributed by atoms with van der Waals surface area (Å²) in [5.74, 6) is 0.00563. The molecule has 1 saturated carbocycles. The molecular weight excluding hydrogens is 290 g/mol. The van der Waals surface area contributed by atoms with E-state index in [9.17, 15) is 9.59 Å². The Morgan fingerprint density at radius 2 is 2.00 bits per heavy atom. The second-order valence-electron chi connectivity index (χ2n) is 6.53. The molecule has 1 aromatic carbocycles. The summed E-state index contributed by atoms with van der Waals surface area (Å²) in [7, 11) is 0. The molecule has 0 atom stereocenters. The summed E-state index contributed by atoms with van der Waals surface area (Å²) in [6.45, 7) is 4.14. The number of hydrogen-bond acceptors (Lipinski definition) is 3. The fourth-order valence-corrected chi connectivity index (χ4v) is 3.54. The van der Waals surface area contributed by atoms with Crippen LogP contribution in [0.4, 0.5) is 0 Å². The van der Waals surface area contributed by atoms with Gasteiger partial charge in [0.1, 0.15) is 6.54 Å². The molecule has 2 aromatic rings. The molecule has 5 heteroatoms. The lowest BCUT2D eigenvalue weighted by molar-refractivity contribution is -0.136. The number of para-hydroxylation sites is 1. The van der Waals surface area contributed by atoms with Gasteiger partial charge in [-0.1, -0.05) is 25.0 Å². The molecule has 0 N–H and O–H groups in total. The molecule has 1 aliphatic rings. The maximum atomic E-state index is 12.8. The fourth-order valence-electron chi connectivity index (χ4n) is 3.54. The number of benzene rings is 1. The first-order chi connectivity index (χ1) is 11.1. The predicted octanol–water partition coefficient (Wildman–Crippen LogP) is 2.58. The molecule has 0 aliphatic heterocycles. The zero-order chi connectivity index (χ0) is 16.4. The highest BCUT2D eigenvalue weighted by atomic mass is 16.2. The van der Waals surface area contributed by atoms with Crippen molar-refractivity contribution in [1.82, 2.24) is 14.5 Å². The SMILES string of the molecule is CC(C)N(C(=O)Cn1cnc2ccccc2c1=O)C1CCCC1. The van der Waals surface area contributed by atoms with E-state index in [0.717, 1.165) is 12.8 Å². The lowest BCUT2D eigenvalue weighted by Gasteiger charge is -2.33. The predicted molar refractivity (Wildman–Crippen MR) is 90.2 cm³/mol. The number of rotatable bonds is 4. The van der Waals surface area contributed by atoms with Crippen LogP contribution >= 0.6 is 0 Å². The van der Waals surface area contributed by atoms with Crippen molar-refractivity contribution in [3.05, 3.63) is 40.9 Å². The van der Waals surface area contributed by atoms with Gasteiger partial charge in [-0.2, -0.15) is 0 Å². The first-order valence-corrected chi connectivity index (χ1v) is 8.33. The molecule has 3 rings (SSSR count). The van der Waals surface area contributed by atoms with Crippen LogP contribution in [0.5, 0.6) is 0 Å². The maximum Gasteiger partial charge on any atom is 0.261 e. The van der Waals surface area contributed by atoms with Gasteiger partial charge in [-0.05, 0) is 38.8 Å². The van der Waals surface area contributed by atoms with Gasteiger partial charge in [0, 0.05) is 12.1 Å². The summed E-state index contributed by atoms with van der Waals surface area (Å²) in [5, 5.41) is 0.555. The highest BCUT2D eigenvalue weighted by Gasteiger charge is 2.28. The highest BCUT2D eigenvalue weighted by Crippen LogP contribution is 2.25. The smallest absolute Gasteiger partial charge is 0.261 e. The molecule has 122 valence electrons. The standard InChI is InChI=1S/C18H23N3O2/c1-13(2)21(14-7-3-4-8-14)17(22)11-20-12-19-16-10-6-5-9-15(16)18(20)23/h5-6,9-10,12-14H,3-4,7-8,11H2,1-2H3. The van der Waals surface area contributed by atoms with E-state index in [1.807, 2.05) is 36.9 Å². The third-order valence-electron chi connectivity index (χ3n) is 4.60. The van der Waals surface area contributed by atoms with Crippen molar-refractivity contribution in [2.75, 3.05) is 0 Å². The van der Waals surface area contributed by atoms with Crippen LogP contribution in [0, 0.1) is 0 Å². The van der Waals surface area contributed by atoms with Crippen LogP contribution in [0.3, 0.4) is 0 Å². The molecule has 1 heterocycles. The molecule has 23 heavy (non-hydrogen) atoms. The number of amides is 1. The lowest BCUT2D eigenvalue weighted by atomic mass is 10.1. The summed E-state index contributed by atoms with van der Waals surface area (Å²) in [4.78, 5) is 31.5. The Morgan fingerprint density at radius 3 is 2.70 bits per heavy atom. The van der Waals surface area contributed by atoms with Gasteiger partial charge in [-0.25, -0.2) is 4.98 Å². The molecule has 0 unspecified atom stereocenters. The monoisotopic (exact) mass is 313 g/mol. The van der Waals surface area contributed by atoms with Gasteiger partial charge in [0.25, 0.3) is 5.56 Å². The van der Waals surface area contributed by atoms with Crippen molar-refractivity contribution in [3.8, 4) is 0 Å². The maximum absolute atomic E-state index is 12.8. The summed E-state index contributed by atoms with van der Waals surface area (Å²) < 4.78 is 1.43. The Balaban J connectivity index is 1.86. The normalized spacial score (nSPS) is 15.4. The Bertz CT molecular complexity index is 760. The van der Waals surface area contributed by atoms with Crippen molar-refractivity contribution < 1.29 is 4.79 Å². The van der Waals surface area contributed by atoms with E-state index in [0.29, 0.717) is 16.9 Å². The van der Waals surface area contributed by atoms with E-state index in [1.54, 1.807) is 6.07 Å². The Morgan fingerprint density at radius 1 is 1.30 bits per heavy atom. The summed E-state index contributed by atoms with van der Waals surface area (Å²) in [6.07, 6.45) is 5.97. The largest absolute Gasteiger partial charge is 0.336 e. The molecule has 1 fully saturated rings. The zero-order valence-corrected chi connectivity index (χ0v) is 13.7. The average molecular weight is 313 g/mol. The first-order valence-electron chi connectivity index (χ1n) is 8.33. The Hall–Kier alpha value is -2.17. The van der Waals surface area contributed by atoms with Crippen molar-refractivity contribution >= 4 is 16.8 Å². The number of fused-ring (bicyclic) bond motifs is 1. The average Bonchev–Trinajstić information content (AvgIpc) is 3.04. The van der Waals surface area contributed by atoms with Gasteiger partial charge in [0.2, 0.25) is 5.91 Å². The molecule has 0 radical (unpaired) electrons. The first kappa shape index (κ1) is 15.7. The fraction of sp³-hybridized carbons (Fsp3) is 0.500. The third kappa shape index (κ3) is 3.14. The number of nitrogens with zero attached hydrogens (tertiary/aromatic N) is 3. The van der Waals surface area contributed by atoms with E-state index >= 15 is 0 Å². The second-order valence-corrected chi connectivity index (χ2v) is 6.53. The van der Waals surface area contributed by atoms with E-state index in [4.69, 9.17) is 0 Å². The van der Waals surface area contributed by atoms with Crippen molar-refractivity contribution in [3.63, 3.8) is 0 Å². The van der Waals surface area contributed by atoms with Crippen molar-refractivity contribution in [2.45, 2.75) is 58.2 Å². The summed E-state index contributed by atoms with van der Waals surface area (Å²) in [5.41, 5.74) is 0.511. The number of aromatic nitrogens is 2. The molecule has 0 saturated heterocycles. The van der Waals surface area contributed by atoms with Gasteiger partial charge in [-0.3, -0.25) is 14.2 Å². The van der Waals surface area contributed by atoms with Gasteiger partial charge >= 0.3 is 0 Å². The van der Waals surface area contributed by atoms with E-state index in [2.05, 4.69) is 4.98 Å². The topological polar surface area (TPSA) is 55.2 Å². The third-order valence-corrected chi connectivity index (χ3v) is 4.60. The molecule has 1 amide bonds. The minimum atomic E-state index is -0.154. The van der Waals surface area contributed by atoms with Crippen LogP contribution in [0.2, 0.25) is 0 Å². The number of carbonyl (C=O) groups is 1. The summed E-state index contributed by atoms with van der Waals surface area (Å²) >= 11 is 0. The van der Waals surface area contributed by atoms with Crippen LogP contribution in [0.1, 0.15) is 39.5 Å².